The summed E-state index contributed by atoms with van der Waals surface area (Å²) in [5, 5.41) is 9.81. The van der Waals surface area contributed by atoms with Crippen LogP contribution in [0.1, 0.15) is 0 Å². The van der Waals surface area contributed by atoms with E-state index in [-0.39, 0.29) is 0 Å². The normalized spacial score (nSPS) is 11.9. The van der Waals surface area contributed by atoms with Crippen molar-refractivity contribution in [3.8, 4) is 45.0 Å². The minimum atomic E-state index is 0.863. The average molecular weight is 789 g/mol. The SMILES string of the molecule is c1ccc(-c2nc3cccc(-c4ccc(-n5c6ccccc6c6cc7c8c9ccccc9ccc8n(-c8ccccc8)c7cc65)c5ccccc45)c3nc2-c2ccccc2)cc1. The highest BCUT2D eigenvalue weighted by atomic mass is 15.0. The maximum absolute atomic E-state index is 5.49. The highest BCUT2D eigenvalue weighted by Gasteiger charge is 2.22. The van der Waals surface area contributed by atoms with Gasteiger partial charge in [0.15, 0.2) is 0 Å². The topological polar surface area (TPSA) is 35.6 Å². The lowest BCUT2D eigenvalue weighted by Gasteiger charge is -2.17. The molecule has 0 aliphatic carbocycles. The van der Waals surface area contributed by atoms with Crippen LogP contribution in [0.2, 0.25) is 0 Å². The Balaban J connectivity index is 1.08. The van der Waals surface area contributed by atoms with Gasteiger partial charge in [0, 0.05) is 49.3 Å². The molecule has 288 valence electrons. The van der Waals surface area contributed by atoms with Crippen LogP contribution in [0.3, 0.4) is 0 Å². The molecule has 0 amide bonds. The van der Waals surface area contributed by atoms with Crippen LogP contribution in [0.15, 0.2) is 218 Å². The quantitative estimate of drug-likeness (QED) is 0.174. The Morgan fingerprint density at radius 3 is 1.73 bits per heavy atom. The fraction of sp³-hybridized carbons (Fsp3) is 0. The van der Waals surface area contributed by atoms with Gasteiger partial charge >= 0.3 is 0 Å². The minimum Gasteiger partial charge on any atom is -0.309 e. The molecule has 0 aliphatic heterocycles. The van der Waals surface area contributed by atoms with Crippen molar-refractivity contribution in [2.24, 2.45) is 0 Å². The third-order valence-electron chi connectivity index (χ3n) is 12.7. The number of fused-ring (bicyclic) bond motifs is 10. The molecule has 62 heavy (non-hydrogen) atoms. The van der Waals surface area contributed by atoms with E-state index >= 15 is 0 Å². The first-order chi connectivity index (χ1) is 30.8. The second kappa shape index (κ2) is 13.6. The van der Waals surface area contributed by atoms with E-state index in [0.717, 1.165) is 72.3 Å². The maximum Gasteiger partial charge on any atom is 0.0973 e. The fourth-order valence-electron chi connectivity index (χ4n) is 9.97. The summed E-state index contributed by atoms with van der Waals surface area (Å²) >= 11 is 0. The first kappa shape index (κ1) is 34.5. The predicted molar refractivity (Wildman–Crippen MR) is 260 cm³/mol. The van der Waals surface area contributed by atoms with Crippen LogP contribution in [0, 0.1) is 0 Å². The van der Waals surface area contributed by atoms with Crippen LogP contribution in [0.4, 0.5) is 0 Å². The fourth-order valence-corrected chi connectivity index (χ4v) is 9.97. The zero-order valence-electron chi connectivity index (χ0n) is 33.6. The van der Waals surface area contributed by atoms with Gasteiger partial charge in [-0.2, -0.15) is 0 Å². The van der Waals surface area contributed by atoms with Gasteiger partial charge in [0.05, 0.1) is 50.2 Å². The lowest BCUT2D eigenvalue weighted by Crippen LogP contribution is -1.99. The molecule has 0 radical (unpaired) electrons. The summed E-state index contributed by atoms with van der Waals surface area (Å²) in [7, 11) is 0. The summed E-state index contributed by atoms with van der Waals surface area (Å²) in [5.74, 6) is 0. The second-order valence-corrected chi connectivity index (χ2v) is 16.1. The molecular formula is C58H36N4. The zero-order chi connectivity index (χ0) is 40.7. The van der Waals surface area contributed by atoms with Crippen molar-refractivity contribution in [1.29, 1.82) is 0 Å². The van der Waals surface area contributed by atoms with Gasteiger partial charge in [-0.1, -0.05) is 170 Å². The van der Waals surface area contributed by atoms with Gasteiger partial charge in [0.25, 0.3) is 0 Å². The first-order valence-corrected chi connectivity index (χ1v) is 21.2. The van der Waals surface area contributed by atoms with Crippen molar-refractivity contribution < 1.29 is 0 Å². The van der Waals surface area contributed by atoms with E-state index in [1.165, 1.54) is 48.9 Å². The summed E-state index contributed by atoms with van der Waals surface area (Å²) in [5.41, 5.74) is 14.7. The summed E-state index contributed by atoms with van der Waals surface area (Å²) < 4.78 is 4.91. The number of benzene rings is 10. The van der Waals surface area contributed by atoms with Crippen LogP contribution < -0.4 is 0 Å². The van der Waals surface area contributed by atoms with Crippen LogP contribution in [0.25, 0.3) is 121 Å². The van der Waals surface area contributed by atoms with E-state index in [2.05, 4.69) is 215 Å². The monoisotopic (exact) mass is 788 g/mol. The van der Waals surface area contributed by atoms with Gasteiger partial charge in [-0.3, -0.25) is 0 Å². The number of hydrogen-bond donors (Lipinski definition) is 0. The van der Waals surface area contributed by atoms with Crippen molar-refractivity contribution in [2.45, 2.75) is 0 Å². The standard InChI is InChI=1S/C58H36N4/c1-4-18-38(19-5-1)56-57(39-20-6-2-7-21-39)60-58-46(28-16-29-49(58)59-56)43-32-34-51(44-26-13-12-25-42(43)44)62-50-30-15-14-27-45(50)47-35-48-54(36-53(47)62)61(40-22-8-3-9-23-40)52-33-31-37-17-10-11-24-41(37)55(48)52/h1-36H. The molecular weight excluding hydrogens is 753 g/mol. The van der Waals surface area contributed by atoms with Crippen molar-refractivity contribution >= 4 is 76.2 Å². The largest absolute Gasteiger partial charge is 0.309 e. The van der Waals surface area contributed by atoms with Gasteiger partial charge in [0.1, 0.15) is 0 Å². The summed E-state index contributed by atoms with van der Waals surface area (Å²) in [6.45, 7) is 0. The zero-order valence-corrected chi connectivity index (χ0v) is 33.6. The summed E-state index contributed by atoms with van der Waals surface area (Å²) in [4.78, 5) is 10.8. The van der Waals surface area contributed by atoms with E-state index in [1.54, 1.807) is 0 Å². The number of para-hydroxylation sites is 3. The van der Waals surface area contributed by atoms with Crippen LogP contribution in [0.5, 0.6) is 0 Å². The average Bonchev–Trinajstić information content (AvgIpc) is 3.85. The highest BCUT2D eigenvalue weighted by Crippen LogP contribution is 2.44. The van der Waals surface area contributed by atoms with E-state index in [4.69, 9.17) is 9.97 Å². The van der Waals surface area contributed by atoms with Crippen molar-refractivity contribution in [1.82, 2.24) is 19.1 Å². The molecule has 0 spiro atoms. The molecule has 0 saturated carbocycles. The van der Waals surface area contributed by atoms with Crippen LogP contribution in [-0.2, 0) is 0 Å². The van der Waals surface area contributed by atoms with Crippen molar-refractivity contribution in [3.63, 3.8) is 0 Å². The molecule has 10 aromatic carbocycles. The van der Waals surface area contributed by atoms with Gasteiger partial charge < -0.3 is 9.13 Å². The Morgan fingerprint density at radius 2 is 0.952 bits per heavy atom. The van der Waals surface area contributed by atoms with E-state index < -0.39 is 0 Å². The van der Waals surface area contributed by atoms with Crippen molar-refractivity contribution in [2.75, 3.05) is 0 Å². The molecule has 4 nitrogen and oxygen atoms in total. The Bertz CT molecular complexity index is 3900. The maximum atomic E-state index is 5.49. The lowest BCUT2D eigenvalue weighted by atomic mass is 9.95. The summed E-state index contributed by atoms with van der Waals surface area (Å²) in [6.07, 6.45) is 0. The number of rotatable bonds is 5. The van der Waals surface area contributed by atoms with Gasteiger partial charge in [0.2, 0.25) is 0 Å². The lowest BCUT2D eigenvalue weighted by molar-refractivity contribution is 1.17. The molecule has 13 rings (SSSR count). The van der Waals surface area contributed by atoms with Crippen molar-refractivity contribution in [3.05, 3.63) is 218 Å². The van der Waals surface area contributed by atoms with Gasteiger partial charge in [-0.25, -0.2) is 9.97 Å². The summed E-state index contributed by atoms with van der Waals surface area (Å²) in [6, 6.07) is 78.4. The molecule has 0 unspecified atom stereocenters. The highest BCUT2D eigenvalue weighted by molar-refractivity contribution is 6.25. The Morgan fingerprint density at radius 1 is 0.323 bits per heavy atom. The smallest absolute Gasteiger partial charge is 0.0973 e. The van der Waals surface area contributed by atoms with Gasteiger partial charge in [-0.05, 0) is 70.3 Å². The van der Waals surface area contributed by atoms with Crippen LogP contribution >= 0.6 is 0 Å². The Hall–Kier alpha value is -8.34. The first-order valence-electron chi connectivity index (χ1n) is 21.2. The number of nitrogens with zero attached hydrogens (tertiary/aromatic N) is 4. The predicted octanol–water partition coefficient (Wildman–Crippen LogP) is 15.1. The van der Waals surface area contributed by atoms with Crippen LogP contribution in [-0.4, -0.2) is 19.1 Å². The molecule has 0 fully saturated rings. The molecule has 0 aliphatic rings. The third-order valence-corrected chi connectivity index (χ3v) is 12.7. The molecule has 3 aromatic heterocycles. The molecule has 4 heteroatoms. The molecule has 0 N–H and O–H groups in total. The third kappa shape index (κ3) is 5.14. The Kier molecular flexibility index (Phi) is 7.57. The molecule has 0 saturated heterocycles. The van der Waals surface area contributed by atoms with E-state index in [1.807, 2.05) is 12.1 Å². The number of aromatic nitrogens is 4. The van der Waals surface area contributed by atoms with E-state index in [9.17, 15) is 0 Å². The Labute approximate surface area is 357 Å². The number of hydrogen-bond acceptors (Lipinski definition) is 2. The second-order valence-electron chi connectivity index (χ2n) is 16.1. The molecule has 13 aromatic rings. The molecule has 0 bridgehead atoms. The molecule has 0 atom stereocenters. The van der Waals surface area contributed by atoms with Gasteiger partial charge in [-0.15, -0.1) is 0 Å². The van der Waals surface area contributed by atoms with E-state index in [0.29, 0.717) is 0 Å². The molecule has 3 heterocycles. The minimum absolute atomic E-state index is 0.863.